The second-order valence-electron chi connectivity index (χ2n) is 2.34. The van der Waals surface area contributed by atoms with Crippen molar-refractivity contribution in [3.8, 4) is 0 Å². The number of hydrogen-bond acceptors (Lipinski definition) is 3. The normalized spacial score (nSPS) is 16.0. The van der Waals surface area contributed by atoms with Gasteiger partial charge in [-0.25, -0.2) is 0 Å². The van der Waals surface area contributed by atoms with Gasteiger partial charge >= 0.3 is 0 Å². The summed E-state index contributed by atoms with van der Waals surface area (Å²) in [6.07, 6.45) is 0. The van der Waals surface area contributed by atoms with Crippen molar-refractivity contribution in [2.75, 3.05) is 20.2 Å². The molecule has 0 heterocycles. The Labute approximate surface area is 62.0 Å². The number of nitrogens with two attached hydrogens (primary N) is 1. The van der Waals surface area contributed by atoms with Crippen LogP contribution in [0.4, 0.5) is 0 Å². The summed E-state index contributed by atoms with van der Waals surface area (Å²) in [5.41, 5.74) is 5.05. The Bertz CT molecular complexity index is 68.0. The third kappa shape index (κ3) is 6.05. The van der Waals surface area contributed by atoms with Crippen LogP contribution in [0.25, 0.3) is 0 Å². The van der Waals surface area contributed by atoms with E-state index in [-0.39, 0.29) is 19.0 Å². The van der Waals surface area contributed by atoms with Crippen LogP contribution in [-0.4, -0.2) is 30.8 Å². The molecule has 0 fully saturated rings. The van der Waals surface area contributed by atoms with Crippen molar-refractivity contribution < 1.29 is 5.11 Å². The monoisotopic (exact) mass is 154 g/mol. The molecule has 4 heteroatoms. The van der Waals surface area contributed by atoms with Crippen LogP contribution in [0.5, 0.6) is 0 Å². The van der Waals surface area contributed by atoms with E-state index in [1.54, 1.807) is 14.0 Å². The first-order valence-electron chi connectivity index (χ1n) is 2.67. The molecule has 0 spiro atoms. The standard InChI is InChI=1S/C5H14N2O.ClH/c1-5(6,4-8)3-7-2;/h7-8H,3-4,6H2,1-2H3;1H. The zero-order valence-corrected chi connectivity index (χ0v) is 6.66. The lowest BCUT2D eigenvalue weighted by Gasteiger charge is -2.20. The summed E-state index contributed by atoms with van der Waals surface area (Å²) in [4.78, 5) is 0. The summed E-state index contributed by atoms with van der Waals surface area (Å²) in [5.74, 6) is 0. The van der Waals surface area contributed by atoms with Gasteiger partial charge in [0.2, 0.25) is 0 Å². The van der Waals surface area contributed by atoms with Crippen molar-refractivity contribution in [3.63, 3.8) is 0 Å². The minimum Gasteiger partial charge on any atom is -0.394 e. The zero-order chi connectivity index (χ0) is 6.62. The minimum absolute atomic E-state index is 0. The Morgan fingerprint density at radius 2 is 2.11 bits per heavy atom. The van der Waals surface area contributed by atoms with Crippen LogP contribution in [0.2, 0.25) is 0 Å². The van der Waals surface area contributed by atoms with Crippen LogP contribution in [0, 0.1) is 0 Å². The highest BCUT2D eigenvalue weighted by molar-refractivity contribution is 5.85. The molecule has 0 saturated heterocycles. The molecule has 3 nitrogen and oxygen atoms in total. The molecule has 0 aromatic rings. The summed E-state index contributed by atoms with van der Waals surface area (Å²) in [5, 5.41) is 11.4. The van der Waals surface area contributed by atoms with Gasteiger partial charge in [-0.05, 0) is 14.0 Å². The molecule has 0 radical (unpaired) electrons. The SMILES string of the molecule is CNCC(C)(N)CO.Cl. The van der Waals surface area contributed by atoms with E-state index in [1.807, 2.05) is 0 Å². The molecular weight excluding hydrogens is 140 g/mol. The topological polar surface area (TPSA) is 58.3 Å². The molecule has 0 saturated carbocycles. The first-order valence-corrected chi connectivity index (χ1v) is 2.67. The molecule has 58 valence electrons. The molecule has 0 aromatic heterocycles. The van der Waals surface area contributed by atoms with Gasteiger partial charge < -0.3 is 16.2 Å². The first kappa shape index (κ1) is 11.9. The molecule has 0 bridgehead atoms. The van der Waals surface area contributed by atoms with Crippen LogP contribution in [-0.2, 0) is 0 Å². The smallest absolute Gasteiger partial charge is 0.0620 e. The predicted molar refractivity (Wildman–Crippen MR) is 40.9 cm³/mol. The number of nitrogens with one attached hydrogen (secondary N) is 1. The van der Waals surface area contributed by atoms with Crippen molar-refractivity contribution in [2.45, 2.75) is 12.5 Å². The van der Waals surface area contributed by atoms with Crippen molar-refractivity contribution in [1.29, 1.82) is 0 Å². The lowest BCUT2D eigenvalue weighted by molar-refractivity contribution is 0.207. The molecule has 4 N–H and O–H groups in total. The minimum atomic E-state index is -0.464. The predicted octanol–water partition coefficient (Wildman–Crippen LogP) is -0.663. The highest BCUT2D eigenvalue weighted by Gasteiger charge is 2.14. The molecular formula is C5H15ClN2O. The highest BCUT2D eigenvalue weighted by atomic mass is 35.5. The number of halogens is 1. The number of likely N-dealkylation sites (N-methyl/N-ethyl adjacent to an activating group) is 1. The Morgan fingerprint density at radius 1 is 1.67 bits per heavy atom. The van der Waals surface area contributed by atoms with Crippen LogP contribution < -0.4 is 11.1 Å². The number of aliphatic hydroxyl groups excluding tert-OH is 1. The Balaban J connectivity index is 0. The van der Waals surface area contributed by atoms with Crippen molar-refractivity contribution in [2.24, 2.45) is 5.73 Å². The fourth-order valence-electron chi connectivity index (χ4n) is 0.460. The maximum Gasteiger partial charge on any atom is 0.0620 e. The van der Waals surface area contributed by atoms with Crippen LogP contribution in [0.15, 0.2) is 0 Å². The van der Waals surface area contributed by atoms with Gasteiger partial charge in [0.25, 0.3) is 0 Å². The lowest BCUT2D eigenvalue weighted by Crippen LogP contribution is -2.48. The molecule has 1 atom stereocenters. The summed E-state index contributed by atoms with van der Waals surface area (Å²) in [6, 6.07) is 0. The molecule has 0 aliphatic rings. The first-order chi connectivity index (χ1) is 3.62. The van der Waals surface area contributed by atoms with E-state index in [1.165, 1.54) is 0 Å². The van der Waals surface area contributed by atoms with E-state index in [9.17, 15) is 0 Å². The van der Waals surface area contributed by atoms with Crippen molar-refractivity contribution in [3.05, 3.63) is 0 Å². The molecule has 0 aromatic carbocycles. The highest BCUT2D eigenvalue weighted by Crippen LogP contribution is 1.91. The molecule has 1 unspecified atom stereocenters. The van der Waals surface area contributed by atoms with Gasteiger partial charge in [0.05, 0.1) is 6.61 Å². The van der Waals surface area contributed by atoms with Crippen molar-refractivity contribution >= 4 is 12.4 Å². The quantitative estimate of drug-likeness (QED) is 0.506. The van der Waals surface area contributed by atoms with E-state index in [2.05, 4.69) is 5.32 Å². The lowest BCUT2D eigenvalue weighted by atomic mass is 10.1. The largest absolute Gasteiger partial charge is 0.394 e. The van der Waals surface area contributed by atoms with E-state index in [0.29, 0.717) is 6.54 Å². The third-order valence-electron chi connectivity index (χ3n) is 0.942. The fraction of sp³-hybridized carbons (Fsp3) is 1.00. The maximum atomic E-state index is 8.56. The maximum absolute atomic E-state index is 8.56. The second-order valence-corrected chi connectivity index (χ2v) is 2.34. The van der Waals surface area contributed by atoms with Gasteiger partial charge in [-0.1, -0.05) is 0 Å². The Kier molecular flexibility index (Phi) is 6.61. The Hall–Kier alpha value is 0.170. The van der Waals surface area contributed by atoms with Crippen LogP contribution in [0.1, 0.15) is 6.92 Å². The molecule has 0 aliphatic heterocycles. The van der Waals surface area contributed by atoms with Gasteiger partial charge in [0, 0.05) is 12.1 Å². The van der Waals surface area contributed by atoms with Gasteiger partial charge in [-0.3, -0.25) is 0 Å². The van der Waals surface area contributed by atoms with E-state index in [4.69, 9.17) is 10.8 Å². The molecule has 0 aliphatic carbocycles. The van der Waals surface area contributed by atoms with Gasteiger partial charge in [-0.15, -0.1) is 12.4 Å². The van der Waals surface area contributed by atoms with E-state index < -0.39 is 5.54 Å². The van der Waals surface area contributed by atoms with E-state index in [0.717, 1.165) is 0 Å². The average Bonchev–Trinajstić information content (AvgIpc) is 1.67. The second kappa shape index (κ2) is 4.99. The summed E-state index contributed by atoms with van der Waals surface area (Å²) < 4.78 is 0. The summed E-state index contributed by atoms with van der Waals surface area (Å²) in [6.45, 7) is 2.46. The summed E-state index contributed by atoms with van der Waals surface area (Å²) in [7, 11) is 1.81. The third-order valence-corrected chi connectivity index (χ3v) is 0.942. The van der Waals surface area contributed by atoms with Gasteiger partial charge in [0.15, 0.2) is 0 Å². The van der Waals surface area contributed by atoms with Crippen molar-refractivity contribution in [1.82, 2.24) is 5.32 Å². The van der Waals surface area contributed by atoms with E-state index >= 15 is 0 Å². The zero-order valence-electron chi connectivity index (χ0n) is 5.85. The molecule has 9 heavy (non-hydrogen) atoms. The summed E-state index contributed by atoms with van der Waals surface area (Å²) >= 11 is 0. The Morgan fingerprint density at radius 3 is 2.22 bits per heavy atom. The van der Waals surface area contributed by atoms with Crippen LogP contribution >= 0.6 is 12.4 Å². The van der Waals surface area contributed by atoms with Crippen LogP contribution in [0.3, 0.4) is 0 Å². The van der Waals surface area contributed by atoms with Gasteiger partial charge in [-0.2, -0.15) is 0 Å². The molecule has 0 rings (SSSR count). The fourth-order valence-corrected chi connectivity index (χ4v) is 0.460. The number of aliphatic hydroxyl groups is 1. The average molecular weight is 155 g/mol. The van der Waals surface area contributed by atoms with Gasteiger partial charge in [0.1, 0.15) is 0 Å². The number of rotatable bonds is 3. The number of hydrogen-bond donors (Lipinski definition) is 3. The molecule has 0 amide bonds.